The number of carbonyl (C=O) groups excluding carboxylic acids is 2. The number of aryl methyl sites for hydroxylation is 1. The number of halogens is 2. The predicted molar refractivity (Wildman–Crippen MR) is 168 cm³/mol. The molecular formula is C31H37Cl2N3O5S. The summed E-state index contributed by atoms with van der Waals surface area (Å²) in [6.07, 6.45) is 2.02. The summed E-state index contributed by atoms with van der Waals surface area (Å²) >= 11 is 12.4. The smallest absolute Gasteiger partial charge is 0.264 e. The molecule has 0 spiro atoms. The minimum Gasteiger partial charge on any atom is -0.497 e. The van der Waals surface area contributed by atoms with E-state index in [4.69, 9.17) is 27.9 Å². The zero-order valence-electron chi connectivity index (χ0n) is 24.3. The van der Waals surface area contributed by atoms with Crippen molar-refractivity contribution in [2.45, 2.75) is 57.5 Å². The highest BCUT2D eigenvalue weighted by molar-refractivity contribution is 7.92. The van der Waals surface area contributed by atoms with Crippen LogP contribution < -0.4 is 14.4 Å². The number of methoxy groups -OCH3 is 1. The number of nitrogens with one attached hydrogen (secondary N) is 1. The SMILES string of the molecule is CCCCNC(=O)[C@@H](CC)N(Cc1ccc(Cl)c(Cl)c1)C(=O)CN(c1ccc(C)cc1)S(=O)(=O)c1ccc(OC)cc1. The molecule has 226 valence electrons. The zero-order valence-corrected chi connectivity index (χ0v) is 26.6. The van der Waals surface area contributed by atoms with Gasteiger partial charge in [0, 0.05) is 13.1 Å². The van der Waals surface area contributed by atoms with E-state index >= 15 is 0 Å². The summed E-state index contributed by atoms with van der Waals surface area (Å²) in [6, 6.07) is 17.0. The molecule has 3 aromatic carbocycles. The molecule has 0 fully saturated rings. The van der Waals surface area contributed by atoms with Crippen LogP contribution in [0.1, 0.15) is 44.2 Å². The number of ether oxygens (including phenoxy) is 1. The predicted octanol–water partition coefficient (Wildman–Crippen LogP) is 6.23. The summed E-state index contributed by atoms with van der Waals surface area (Å²) in [4.78, 5) is 28.8. The molecule has 0 unspecified atom stereocenters. The molecule has 0 aliphatic rings. The number of amides is 2. The minimum atomic E-state index is -4.18. The summed E-state index contributed by atoms with van der Waals surface area (Å²) in [5, 5.41) is 3.58. The molecule has 0 aromatic heterocycles. The van der Waals surface area contributed by atoms with E-state index in [0.717, 1.165) is 22.7 Å². The molecule has 3 aromatic rings. The van der Waals surface area contributed by atoms with Crippen molar-refractivity contribution in [2.24, 2.45) is 0 Å². The van der Waals surface area contributed by atoms with E-state index in [1.165, 1.54) is 24.1 Å². The number of rotatable bonds is 14. The molecule has 0 radical (unpaired) electrons. The highest BCUT2D eigenvalue weighted by Crippen LogP contribution is 2.27. The van der Waals surface area contributed by atoms with Gasteiger partial charge in [-0.1, -0.05) is 67.2 Å². The lowest BCUT2D eigenvalue weighted by Gasteiger charge is -2.33. The van der Waals surface area contributed by atoms with Gasteiger partial charge in [0.15, 0.2) is 0 Å². The Bertz CT molecular complexity index is 1460. The van der Waals surface area contributed by atoms with E-state index < -0.39 is 28.5 Å². The molecule has 1 N–H and O–H groups in total. The van der Waals surface area contributed by atoms with E-state index in [1.54, 1.807) is 54.6 Å². The summed E-state index contributed by atoms with van der Waals surface area (Å²) in [5.74, 6) is -0.352. The Balaban J connectivity index is 2.04. The number of nitrogens with zero attached hydrogens (tertiary/aromatic N) is 2. The van der Waals surface area contributed by atoms with E-state index in [2.05, 4.69) is 5.32 Å². The lowest BCUT2D eigenvalue weighted by Crippen LogP contribution is -2.52. The van der Waals surface area contributed by atoms with Crippen molar-refractivity contribution in [2.75, 3.05) is 24.5 Å². The standard InChI is InChI=1S/C31H37Cl2N3O5S/c1-5-7-18-34-31(38)29(6-2)35(20-23-10-17-27(32)28(33)19-23)30(37)21-36(24-11-8-22(3)9-12-24)42(39,40)26-15-13-25(41-4)14-16-26/h8-17,19,29H,5-7,18,20-21H2,1-4H3,(H,34,38)/t29-/m1/s1. The fraction of sp³-hybridized carbons (Fsp3) is 0.355. The van der Waals surface area contributed by atoms with E-state index in [1.807, 2.05) is 20.8 Å². The fourth-order valence-corrected chi connectivity index (χ4v) is 6.11. The van der Waals surface area contributed by atoms with Crippen molar-refractivity contribution in [3.05, 3.63) is 87.9 Å². The van der Waals surface area contributed by atoms with Crippen LogP contribution >= 0.6 is 23.2 Å². The second kappa shape index (κ2) is 15.3. The Hall–Kier alpha value is -3.27. The summed E-state index contributed by atoms with van der Waals surface area (Å²) in [5.41, 5.74) is 1.90. The highest BCUT2D eigenvalue weighted by atomic mass is 35.5. The van der Waals surface area contributed by atoms with Crippen LogP contribution in [0.25, 0.3) is 0 Å². The molecule has 2 amide bonds. The van der Waals surface area contributed by atoms with Gasteiger partial charge in [-0.3, -0.25) is 13.9 Å². The molecule has 0 heterocycles. The third-order valence-electron chi connectivity index (χ3n) is 6.80. The molecule has 42 heavy (non-hydrogen) atoms. The molecule has 0 aliphatic heterocycles. The zero-order chi connectivity index (χ0) is 30.9. The van der Waals surface area contributed by atoms with Gasteiger partial charge in [-0.05, 0) is 73.9 Å². The number of carbonyl (C=O) groups is 2. The maximum Gasteiger partial charge on any atom is 0.264 e. The fourth-order valence-electron chi connectivity index (χ4n) is 4.38. The number of anilines is 1. The lowest BCUT2D eigenvalue weighted by atomic mass is 10.1. The topological polar surface area (TPSA) is 96.0 Å². The van der Waals surface area contributed by atoms with Gasteiger partial charge in [0.05, 0.1) is 27.7 Å². The number of hydrogen-bond donors (Lipinski definition) is 1. The monoisotopic (exact) mass is 633 g/mol. The third-order valence-corrected chi connectivity index (χ3v) is 9.33. The number of sulfonamides is 1. The van der Waals surface area contributed by atoms with E-state index in [9.17, 15) is 18.0 Å². The maximum absolute atomic E-state index is 14.1. The molecule has 1 atom stereocenters. The highest BCUT2D eigenvalue weighted by Gasteiger charge is 2.33. The van der Waals surface area contributed by atoms with Gasteiger partial charge >= 0.3 is 0 Å². The maximum atomic E-state index is 14.1. The van der Waals surface area contributed by atoms with Crippen LogP contribution in [-0.4, -0.2) is 51.4 Å². The number of benzene rings is 3. The van der Waals surface area contributed by atoms with Crippen LogP contribution in [0, 0.1) is 6.92 Å². The van der Waals surface area contributed by atoms with Gasteiger partial charge in [0.2, 0.25) is 11.8 Å². The van der Waals surface area contributed by atoms with Gasteiger partial charge < -0.3 is 15.0 Å². The van der Waals surface area contributed by atoms with Gasteiger partial charge in [-0.2, -0.15) is 0 Å². The first-order valence-electron chi connectivity index (χ1n) is 13.8. The Kier molecular flexibility index (Phi) is 12.1. The van der Waals surface area contributed by atoms with Crippen molar-refractivity contribution in [3.63, 3.8) is 0 Å². The Morgan fingerprint density at radius 1 is 0.952 bits per heavy atom. The molecular weight excluding hydrogens is 597 g/mol. The van der Waals surface area contributed by atoms with Gasteiger partial charge in [-0.25, -0.2) is 8.42 Å². The Morgan fingerprint density at radius 3 is 2.19 bits per heavy atom. The average molecular weight is 635 g/mol. The first kappa shape index (κ1) is 33.2. The van der Waals surface area contributed by atoms with Crippen LogP contribution in [-0.2, 0) is 26.2 Å². The van der Waals surface area contributed by atoms with E-state index in [0.29, 0.717) is 40.0 Å². The summed E-state index contributed by atoms with van der Waals surface area (Å²) < 4.78 is 34.2. The van der Waals surface area contributed by atoms with Crippen LogP contribution in [0.15, 0.2) is 71.6 Å². The molecule has 3 rings (SSSR count). The Morgan fingerprint density at radius 2 is 1.62 bits per heavy atom. The Labute approximate surface area is 258 Å². The van der Waals surface area contributed by atoms with Gasteiger partial charge in [0.25, 0.3) is 10.0 Å². The largest absolute Gasteiger partial charge is 0.497 e. The molecule has 0 saturated carbocycles. The first-order valence-corrected chi connectivity index (χ1v) is 16.0. The van der Waals surface area contributed by atoms with Crippen LogP contribution in [0.4, 0.5) is 5.69 Å². The summed E-state index contributed by atoms with van der Waals surface area (Å²) in [6.45, 7) is 5.69. The molecule has 0 aliphatic carbocycles. The number of unbranched alkanes of at least 4 members (excludes halogenated alkanes) is 1. The van der Waals surface area contributed by atoms with Crippen LogP contribution in [0.5, 0.6) is 5.75 Å². The normalized spacial score (nSPS) is 12.0. The molecule has 11 heteroatoms. The second-order valence-electron chi connectivity index (χ2n) is 9.86. The molecule has 8 nitrogen and oxygen atoms in total. The molecule has 0 saturated heterocycles. The minimum absolute atomic E-state index is 0.00272. The van der Waals surface area contributed by atoms with E-state index in [-0.39, 0.29) is 17.3 Å². The van der Waals surface area contributed by atoms with Crippen LogP contribution in [0.3, 0.4) is 0 Å². The molecule has 0 bridgehead atoms. The van der Waals surface area contributed by atoms with Gasteiger partial charge in [0.1, 0.15) is 18.3 Å². The summed E-state index contributed by atoms with van der Waals surface area (Å²) in [7, 11) is -2.69. The number of hydrogen-bond acceptors (Lipinski definition) is 5. The van der Waals surface area contributed by atoms with Crippen molar-refractivity contribution in [1.29, 1.82) is 0 Å². The van der Waals surface area contributed by atoms with Crippen molar-refractivity contribution < 1.29 is 22.7 Å². The van der Waals surface area contributed by atoms with Crippen molar-refractivity contribution >= 4 is 50.7 Å². The first-order chi connectivity index (χ1) is 20.0. The third kappa shape index (κ3) is 8.40. The van der Waals surface area contributed by atoms with Crippen molar-refractivity contribution in [3.8, 4) is 5.75 Å². The quantitative estimate of drug-likeness (QED) is 0.212. The van der Waals surface area contributed by atoms with Crippen molar-refractivity contribution in [1.82, 2.24) is 10.2 Å². The van der Waals surface area contributed by atoms with Crippen LogP contribution in [0.2, 0.25) is 10.0 Å². The second-order valence-corrected chi connectivity index (χ2v) is 12.5. The average Bonchev–Trinajstić information content (AvgIpc) is 2.98. The lowest BCUT2D eigenvalue weighted by molar-refractivity contribution is -0.140. The van der Waals surface area contributed by atoms with Gasteiger partial charge in [-0.15, -0.1) is 0 Å².